The fourth-order valence-corrected chi connectivity index (χ4v) is 3.70. The molecule has 0 bridgehead atoms. The Bertz CT molecular complexity index is 1180. The van der Waals surface area contributed by atoms with Crippen LogP contribution in [0, 0.1) is 20.8 Å². The first-order chi connectivity index (χ1) is 14.0. The summed E-state index contributed by atoms with van der Waals surface area (Å²) in [5.74, 6) is 1.47. The third-order valence-electron chi connectivity index (χ3n) is 5.25. The first-order valence-electron chi connectivity index (χ1n) is 9.89. The van der Waals surface area contributed by atoms with Crippen molar-refractivity contribution in [1.29, 1.82) is 0 Å². The van der Waals surface area contributed by atoms with E-state index in [1.807, 2.05) is 55.5 Å². The Hall–Kier alpha value is -3.34. The normalized spacial score (nSPS) is 11.1. The topological polar surface area (TPSA) is 49.0 Å². The molecule has 0 saturated heterocycles. The zero-order valence-electron chi connectivity index (χ0n) is 17.1. The molecule has 4 aromatic rings. The van der Waals surface area contributed by atoms with Gasteiger partial charge in [0.05, 0.1) is 23.2 Å². The second kappa shape index (κ2) is 7.95. The smallest absolute Gasteiger partial charge is 0.265 e. The van der Waals surface area contributed by atoms with E-state index in [9.17, 15) is 4.79 Å². The molecule has 29 heavy (non-hydrogen) atoms. The van der Waals surface area contributed by atoms with Gasteiger partial charge in [-0.2, -0.15) is 0 Å². The molecule has 148 valence electrons. The Morgan fingerprint density at radius 3 is 2.31 bits per heavy atom. The van der Waals surface area contributed by atoms with Crippen LogP contribution in [0.2, 0.25) is 0 Å². The maximum Gasteiger partial charge on any atom is 0.265 e. The third kappa shape index (κ3) is 3.81. The van der Waals surface area contributed by atoms with Gasteiger partial charge in [0.25, 0.3) is 5.56 Å². The van der Waals surface area contributed by atoms with Crippen LogP contribution < -0.4 is 10.3 Å². The first kappa shape index (κ1) is 19.0. The molecule has 2 aromatic heterocycles. The molecule has 0 aliphatic heterocycles. The van der Waals surface area contributed by atoms with Crippen molar-refractivity contribution in [1.82, 2.24) is 14.1 Å². The van der Waals surface area contributed by atoms with E-state index in [1.165, 1.54) is 11.4 Å². The molecular weight excluding hydrogens is 362 g/mol. The number of hydrogen-bond donors (Lipinski definition) is 0. The van der Waals surface area contributed by atoms with Gasteiger partial charge in [-0.1, -0.05) is 12.1 Å². The summed E-state index contributed by atoms with van der Waals surface area (Å²) >= 11 is 0. The summed E-state index contributed by atoms with van der Waals surface area (Å²) in [7, 11) is 0. The highest BCUT2D eigenvalue weighted by Gasteiger charge is 2.09. The fraction of sp³-hybridized carbons (Fsp3) is 0.250. The number of aromatic nitrogens is 3. The van der Waals surface area contributed by atoms with Crippen molar-refractivity contribution < 1.29 is 4.74 Å². The second-order valence-electron chi connectivity index (χ2n) is 7.28. The standard InChI is InChI=1S/C24H25N3O2/c1-17-9-10-18(2)26(17)15-6-16-29-21-13-11-20(12-14-21)27-19(3)25-23-8-5-4-7-22(23)24(27)28/h4-5,7-14H,6,15-16H2,1-3H3. The van der Waals surface area contributed by atoms with Crippen molar-refractivity contribution in [2.45, 2.75) is 33.7 Å². The second-order valence-corrected chi connectivity index (χ2v) is 7.28. The summed E-state index contributed by atoms with van der Waals surface area (Å²) in [6.45, 7) is 7.69. The number of hydrogen-bond acceptors (Lipinski definition) is 3. The molecule has 2 aromatic carbocycles. The van der Waals surface area contributed by atoms with E-state index in [0.717, 1.165) is 29.9 Å². The Balaban J connectivity index is 1.46. The highest BCUT2D eigenvalue weighted by molar-refractivity contribution is 5.77. The van der Waals surface area contributed by atoms with Crippen molar-refractivity contribution in [2.24, 2.45) is 0 Å². The molecule has 0 N–H and O–H groups in total. The molecule has 4 rings (SSSR count). The molecule has 0 saturated carbocycles. The number of para-hydroxylation sites is 1. The van der Waals surface area contributed by atoms with E-state index in [4.69, 9.17) is 4.74 Å². The van der Waals surface area contributed by atoms with Crippen molar-refractivity contribution in [2.75, 3.05) is 6.61 Å². The van der Waals surface area contributed by atoms with Crippen LogP contribution in [0.1, 0.15) is 23.6 Å². The number of rotatable bonds is 6. The number of benzene rings is 2. The summed E-state index contributed by atoms with van der Waals surface area (Å²) in [5, 5.41) is 0.619. The lowest BCUT2D eigenvalue weighted by Gasteiger charge is -2.13. The van der Waals surface area contributed by atoms with Crippen molar-refractivity contribution >= 4 is 10.9 Å². The molecule has 0 aliphatic rings. The maximum atomic E-state index is 12.9. The van der Waals surface area contributed by atoms with Gasteiger partial charge in [-0.15, -0.1) is 0 Å². The molecule has 0 fully saturated rings. The van der Waals surface area contributed by atoms with Crippen LogP contribution in [0.5, 0.6) is 5.75 Å². The van der Waals surface area contributed by atoms with E-state index < -0.39 is 0 Å². The van der Waals surface area contributed by atoms with Crippen molar-refractivity contribution in [3.8, 4) is 11.4 Å². The van der Waals surface area contributed by atoms with E-state index >= 15 is 0 Å². The van der Waals surface area contributed by atoms with Gasteiger partial charge in [-0.25, -0.2) is 4.98 Å². The van der Waals surface area contributed by atoms with E-state index in [0.29, 0.717) is 17.8 Å². The summed E-state index contributed by atoms with van der Waals surface area (Å²) in [6.07, 6.45) is 0.936. The van der Waals surface area contributed by atoms with Gasteiger partial charge in [-0.05, 0) is 75.7 Å². The minimum Gasteiger partial charge on any atom is -0.494 e. The fourth-order valence-electron chi connectivity index (χ4n) is 3.70. The number of fused-ring (bicyclic) bond motifs is 1. The van der Waals surface area contributed by atoms with Crippen molar-refractivity contribution in [3.63, 3.8) is 0 Å². The monoisotopic (exact) mass is 387 g/mol. The summed E-state index contributed by atoms with van der Waals surface area (Å²) < 4.78 is 9.83. The molecule has 0 radical (unpaired) electrons. The van der Waals surface area contributed by atoms with Crippen LogP contribution in [0.3, 0.4) is 0 Å². The lowest BCUT2D eigenvalue weighted by Crippen LogP contribution is -2.22. The quantitative estimate of drug-likeness (QED) is 0.455. The van der Waals surface area contributed by atoms with Gasteiger partial charge in [0.1, 0.15) is 11.6 Å². The molecule has 0 atom stereocenters. The van der Waals surface area contributed by atoms with E-state index in [-0.39, 0.29) is 5.56 Å². The number of ether oxygens (including phenoxy) is 1. The molecular formula is C24H25N3O2. The van der Waals surface area contributed by atoms with Gasteiger partial charge < -0.3 is 9.30 Å². The first-order valence-corrected chi connectivity index (χ1v) is 9.89. The maximum absolute atomic E-state index is 12.9. The summed E-state index contributed by atoms with van der Waals surface area (Å²) in [5.41, 5.74) is 4.00. The van der Waals surface area contributed by atoms with Crippen LogP contribution in [0.4, 0.5) is 0 Å². The lowest BCUT2D eigenvalue weighted by molar-refractivity contribution is 0.301. The Labute approximate surface area is 170 Å². The average Bonchev–Trinajstić information content (AvgIpc) is 3.04. The summed E-state index contributed by atoms with van der Waals surface area (Å²) in [6, 6.07) is 19.3. The SMILES string of the molecule is Cc1ccc(C)n1CCCOc1ccc(-n2c(C)nc3ccccc3c2=O)cc1. The Morgan fingerprint density at radius 2 is 1.59 bits per heavy atom. The predicted octanol–water partition coefficient (Wildman–Crippen LogP) is 4.58. The lowest BCUT2D eigenvalue weighted by atomic mass is 10.2. The largest absolute Gasteiger partial charge is 0.494 e. The molecule has 0 spiro atoms. The molecule has 0 aliphatic carbocycles. The Kier molecular flexibility index (Phi) is 5.21. The molecule has 5 nitrogen and oxygen atoms in total. The average molecular weight is 387 g/mol. The molecule has 0 amide bonds. The molecule has 0 unspecified atom stereocenters. The predicted molar refractivity (Wildman–Crippen MR) is 116 cm³/mol. The van der Waals surface area contributed by atoms with Crippen LogP contribution in [0.15, 0.2) is 65.5 Å². The zero-order valence-corrected chi connectivity index (χ0v) is 17.1. The van der Waals surface area contributed by atoms with Gasteiger partial charge >= 0.3 is 0 Å². The summed E-state index contributed by atoms with van der Waals surface area (Å²) in [4.78, 5) is 17.5. The number of nitrogens with zero attached hydrogens (tertiary/aromatic N) is 3. The van der Waals surface area contributed by atoms with Gasteiger partial charge in [-0.3, -0.25) is 9.36 Å². The van der Waals surface area contributed by atoms with Crippen molar-refractivity contribution in [3.05, 3.63) is 88.2 Å². The van der Waals surface area contributed by atoms with Crippen LogP contribution in [-0.2, 0) is 6.54 Å². The van der Waals surface area contributed by atoms with E-state index in [2.05, 4.69) is 35.5 Å². The Morgan fingerprint density at radius 1 is 0.897 bits per heavy atom. The highest BCUT2D eigenvalue weighted by Crippen LogP contribution is 2.17. The van der Waals surface area contributed by atoms with Gasteiger partial charge in [0.2, 0.25) is 0 Å². The minimum atomic E-state index is -0.0563. The molecule has 5 heteroatoms. The van der Waals surface area contributed by atoms with E-state index in [1.54, 1.807) is 4.57 Å². The van der Waals surface area contributed by atoms with Crippen LogP contribution in [-0.4, -0.2) is 20.7 Å². The van der Waals surface area contributed by atoms with Gasteiger partial charge in [0.15, 0.2) is 0 Å². The zero-order chi connectivity index (χ0) is 20.4. The van der Waals surface area contributed by atoms with Gasteiger partial charge in [0, 0.05) is 17.9 Å². The minimum absolute atomic E-state index is 0.0563. The number of aryl methyl sites for hydroxylation is 3. The van der Waals surface area contributed by atoms with Crippen LogP contribution >= 0.6 is 0 Å². The third-order valence-corrected chi connectivity index (χ3v) is 5.25. The highest BCUT2D eigenvalue weighted by atomic mass is 16.5. The van der Waals surface area contributed by atoms with Crippen LogP contribution in [0.25, 0.3) is 16.6 Å². The molecule has 2 heterocycles.